The maximum atomic E-state index is 11.8. The summed E-state index contributed by atoms with van der Waals surface area (Å²) in [6, 6.07) is 10.5. The van der Waals surface area contributed by atoms with E-state index in [0.717, 1.165) is 25.9 Å². The number of hydrogen-bond donors (Lipinski definition) is 1. The van der Waals surface area contributed by atoms with Crippen molar-refractivity contribution in [1.82, 2.24) is 5.32 Å². The van der Waals surface area contributed by atoms with Gasteiger partial charge in [0, 0.05) is 24.8 Å². The zero-order valence-electron chi connectivity index (χ0n) is 12.6. The van der Waals surface area contributed by atoms with E-state index in [9.17, 15) is 4.79 Å². The van der Waals surface area contributed by atoms with Gasteiger partial charge in [-0.25, -0.2) is 4.79 Å². The van der Waals surface area contributed by atoms with Gasteiger partial charge in [0.15, 0.2) is 0 Å². The summed E-state index contributed by atoms with van der Waals surface area (Å²) in [5.74, 6) is 0. The number of rotatable bonds is 2. The highest BCUT2D eigenvalue weighted by atomic mass is 16.6. The number of nitrogens with zero attached hydrogens (tertiary/aromatic N) is 1. The molecule has 1 aromatic rings. The van der Waals surface area contributed by atoms with Crippen LogP contribution in [0.3, 0.4) is 0 Å². The number of amides is 1. The Bertz CT molecular complexity index is 440. The lowest BCUT2D eigenvalue weighted by Gasteiger charge is -2.35. The van der Waals surface area contributed by atoms with Gasteiger partial charge < -0.3 is 15.0 Å². The first-order chi connectivity index (χ1) is 9.44. The number of hydrogen-bond acceptors (Lipinski definition) is 3. The minimum atomic E-state index is -0.447. The Kier molecular flexibility index (Phi) is 4.53. The Labute approximate surface area is 121 Å². The molecule has 4 heteroatoms. The number of anilines is 1. The predicted molar refractivity (Wildman–Crippen MR) is 81.0 cm³/mol. The largest absolute Gasteiger partial charge is 0.444 e. The average Bonchev–Trinajstić information content (AvgIpc) is 2.38. The standard InChI is InChI=1S/C16H24N2O2/c1-16(2,3)20-15(19)17-13-8-7-11-18(12-13)14-9-5-4-6-10-14/h4-6,9-10,13H,7-8,11-12H2,1-3H3,(H,17,19)/t13-/m0/s1. The van der Waals surface area contributed by atoms with Crippen LogP contribution in [0.25, 0.3) is 0 Å². The summed E-state index contributed by atoms with van der Waals surface area (Å²) in [7, 11) is 0. The molecule has 110 valence electrons. The quantitative estimate of drug-likeness (QED) is 0.902. The monoisotopic (exact) mass is 276 g/mol. The van der Waals surface area contributed by atoms with Crippen LogP contribution in [0.2, 0.25) is 0 Å². The van der Waals surface area contributed by atoms with Crippen molar-refractivity contribution in [2.75, 3.05) is 18.0 Å². The predicted octanol–water partition coefficient (Wildman–Crippen LogP) is 3.18. The van der Waals surface area contributed by atoms with Crippen LogP contribution in [-0.2, 0) is 4.74 Å². The molecule has 2 rings (SSSR count). The van der Waals surface area contributed by atoms with Crippen molar-refractivity contribution in [2.45, 2.75) is 45.3 Å². The van der Waals surface area contributed by atoms with Crippen molar-refractivity contribution in [3.05, 3.63) is 30.3 Å². The summed E-state index contributed by atoms with van der Waals surface area (Å²) in [6.45, 7) is 7.51. The number of para-hydroxylation sites is 1. The van der Waals surface area contributed by atoms with Crippen LogP contribution < -0.4 is 10.2 Å². The normalized spacial score (nSPS) is 19.6. The molecule has 4 nitrogen and oxygen atoms in total. The lowest BCUT2D eigenvalue weighted by atomic mass is 10.1. The minimum Gasteiger partial charge on any atom is -0.444 e. The first kappa shape index (κ1) is 14.7. The van der Waals surface area contributed by atoms with Gasteiger partial charge in [-0.15, -0.1) is 0 Å². The van der Waals surface area contributed by atoms with Crippen molar-refractivity contribution in [3.8, 4) is 0 Å². The molecule has 1 atom stereocenters. The second-order valence-corrected chi connectivity index (χ2v) is 6.27. The van der Waals surface area contributed by atoms with E-state index in [-0.39, 0.29) is 12.1 Å². The molecule has 1 saturated heterocycles. The Hall–Kier alpha value is -1.71. The van der Waals surface area contributed by atoms with E-state index in [2.05, 4.69) is 22.3 Å². The van der Waals surface area contributed by atoms with E-state index in [1.165, 1.54) is 5.69 Å². The summed E-state index contributed by atoms with van der Waals surface area (Å²) in [6.07, 6.45) is 1.76. The van der Waals surface area contributed by atoms with Gasteiger partial charge >= 0.3 is 6.09 Å². The van der Waals surface area contributed by atoms with Gasteiger partial charge in [-0.05, 0) is 45.7 Å². The Morgan fingerprint density at radius 1 is 1.30 bits per heavy atom. The molecule has 0 aliphatic carbocycles. The molecule has 1 aliphatic rings. The van der Waals surface area contributed by atoms with Gasteiger partial charge in [0.25, 0.3) is 0 Å². The van der Waals surface area contributed by atoms with E-state index in [1.54, 1.807) is 0 Å². The molecular weight excluding hydrogens is 252 g/mol. The fourth-order valence-corrected chi connectivity index (χ4v) is 2.44. The van der Waals surface area contributed by atoms with Crippen molar-refractivity contribution in [2.24, 2.45) is 0 Å². The van der Waals surface area contributed by atoms with Gasteiger partial charge in [0.2, 0.25) is 0 Å². The first-order valence-corrected chi connectivity index (χ1v) is 7.23. The third-order valence-corrected chi connectivity index (χ3v) is 3.26. The van der Waals surface area contributed by atoms with E-state index in [4.69, 9.17) is 4.74 Å². The molecular formula is C16H24N2O2. The highest BCUT2D eigenvalue weighted by molar-refractivity contribution is 5.68. The average molecular weight is 276 g/mol. The van der Waals surface area contributed by atoms with Crippen LogP contribution in [0.4, 0.5) is 10.5 Å². The Morgan fingerprint density at radius 2 is 2.00 bits per heavy atom. The number of alkyl carbamates (subject to hydrolysis) is 1. The Morgan fingerprint density at radius 3 is 2.65 bits per heavy atom. The number of piperidine rings is 1. The second kappa shape index (κ2) is 6.16. The van der Waals surface area contributed by atoms with Crippen molar-refractivity contribution in [3.63, 3.8) is 0 Å². The summed E-state index contributed by atoms with van der Waals surface area (Å²) in [5, 5.41) is 2.97. The molecule has 1 aromatic carbocycles. The lowest BCUT2D eigenvalue weighted by molar-refractivity contribution is 0.0500. The minimum absolute atomic E-state index is 0.152. The molecule has 0 bridgehead atoms. The number of nitrogens with one attached hydrogen (secondary N) is 1. The highest BCUT2D eigenvalue weighted by Gasteiger charge is 2.24. The van der Waals surface area contributed by atoms with Crippen LogP contribution in [0.1, 0.15) is 33.6 Å². The molecule has 1 fully saturated rings. The topological polar surface area (TPSA) is 41.6 Å². The van der Waals surface area contributed by atoms with Gasteiger partial charge in [-0.2, -0.15) is 0 Å². The zero-order chi connectivity index (χ0) is 14.6. The van der Waals surface area contributed by atoms with E-state index >= 15 is 0 Å². The molecule has 0 saturated carbocycles. The van der Waals surface area contributed by atoms with Crippen LogP contribution in [-0.4, -0.2) is 30.8 Å². The summed E-state index contributed by atoms with van der Waals surface area (Å²) in [4.78, 5) is 14.1. The third-order valence-electron chi connectivity index (χ3n) is 3.26. The lowest BCUT2D eigenvalue weighted by Crippen LogP contribution is -2.49. The molecule has 0 aromatic heterocycles. The van der Waals surface area contributed by atoms with E-state index < -0.39 is 5.60 Å². The van der Waals surface area contributed by atoms with Gasteiger partial charge in [-0.1, -0.05) is 18.2 Å². The van der Waals surface area contributed by atoms with Crippen molar-refractivity contribution < 1.29 is 9.53 Å². The van der Waals surface area contributed by atoms with Gasteiger partial charge in [0.05, 0.1) is 0 Å². The van der Waals surface area contributed by atoms with Gasteiger partial charge in [0.1, 0.15) is 5.60 Å². The summed E-state index contributed by atoms with van der Waals surface area (Å²) < 4.78 is 5.31. The molecule has 1 amide bonds. The van der Waals surface area contributed by atoms with Crippen LogP contribution in [0.15, 0.2) is 30.3 Å². The fraction of sp³-hybridized carbons (Fsp3) is 0.562. The molecule has 0 spiro atoms. The number of carbonyl (C=O) groups excluding carboxylic acids is 1. The SMILES string of the molecule is CC(C)(C)OC(=O)N[C@H]1CCCN(c2ccccc2)C1. The molecule has 0 radical (unpaired) electrons. The number of carbonyl (C=O) groups is 1. The molecule has 20 heavy (non-hydrogen) atoms. The maximum Gasteiger partial charge on any atom is 0.407 e. The van der Waals surface area contributed by atoms with E-state index in [1.807, 2.05) is 39.0 Å². The van der Waals surface area contributed by atoms with Crippen LogP contribution >= 0.6 is 0 Å². The smallest absolute Gasteiger partial charge is 0.407 e. The fourth-order valence-electron chi connectivity index (χ4n) is 2.44. The van der Waals surface area contributed by atoms with Crippen molar-refractivity contribution >= 4 is 11.8 Å². The summed E-state index contributed by atoms with van der Waals surface area (Å²) >= 11 is 0. The summed E-state index contributed by atoms with van der Waals surface area (Å²) in [5.41, 5.74) is 0.765. The highest BCUT2D eigenvalue weighted by Crippen LogP contribution is 2.19. The van der Waals surface area contributed by atoms with Crippen molar-refractivity contribution in [1.29, 1.82) is 0 Å². The molecule has 0 unspecified atom stereocenters. The second-order valence-electron chi connectivity index (χ2n) is 6.27. The molecule has 1 aliphatic heterocycles. The van der Waals surface area contributed by atoms with Crippen LogP contribution in [0.5, 0.6) is 0 Å². The number of benzene rings is 1. The number of ether oxygens (including phenoxy) is 1. The first-order valence-electron chi connectivity index (χ1n) is 7.23. The Balaban J connectivity index is 1.89. The molecule has 1 heterocycles. The third kappa shape index (κ3) is 4.44. The van der Waals surface area contributed by atoms with Crippen LogP contribution in [0, 0.1) is 0 Å². The zero-order valence-corrected chi connectivity index (χ0v) is 12.6. The maximum absolute atomic E-state index is 11.8. The molecule has 1 N–H and O–H groups in total. The van der Waals surface area contributed by atoms with E-state index in [0.29, 0.717) is 0 Å². The van der Waals surface area contributed by atoms with Gasteiger partial charge in [-0.3, -0.25) is 0 Å².